The summed E-state index contributed by atoms with van der Waals surface area (Å²) >= 11 is 1.47. The second-order valence-corrected chi connectivity index (χ2v) is 7.77. The SMILES string of the molecule is CCCCN(CCc1nc(-c2ccc(N(C)C)cc2)no1)C(=O)c1cccs1. The van der Waals surface area contributed by atoms with Gasteiger partial charge in [0, 0.05) is 44.9 Å². The van der Waals surface area contributed by atoms with Crippen LogP contribution in [0.4, 0.5) is 5.69 Å². The van der Waals surface area contributed by atoms with Gasteiger partial charge in [-0.05, 0) is 42.1 Å². The molecule has 1 aromatic carbocycles. The molecule has 28 heavy (non-hydrogen) atoms. The van der Waals surface area contributed by atoms with Gasteiger partial charge in [0.15, 0.2) is 0 Å². The topological polar surface area (TPSA) is 62.5 Å². The van der Waals surface area contributed by atoms with Gasteiger partial charge < -0.3 is 14.3 Å². The van der Waals surface area contributed by atoms with E-state index in [1.165, 1.54) is 11.3 Å². The molecule has 1 amide bonds. The maximum atomic E-state index is 12.7. The lowest BCUT2D eigenvalue weighted by molar-refractivity contribution is 0.0757. The van der Waals surface area contributed by atoms with Gasteiger partial charge in [0.05, 0.1) is 4.88 Å². The normalized spacial score (nSPS) is 10.8. The minimum Gasteiger partial charge on any atom is -0.378 e. The van der Waals surface area contributed by atoms with E-state index in [1.54, 1.807) is 0 Å². The van der Waals surface area contributed by atoms with E-state index in [-0.39, 0.29) is 5.91 Å². The second kappa shape index (κ2) is 9.50. The highest BCUT2D eigenvalue weighted by molar-refractivity contribution is 7.12. The fourth-order valence-electron chi connectivity index (χ4n) is 2.83. The summed E-state index contributed by atoms with van der Waals surface area (Å²) in [6, 6.07) is 11.8. The van der Waals surface area contributed by atoms with E-state index in [0.29, 0.717) is 24.7 Å². The smallest absolute Gasteiger partial charge is 0.263 e. The number of anilines is 1. The van der Waals surface area contributed by atoms with Gasteiger partial charge >= 0.3 is 0 Å². The fraction of sp³-hybridized carbons (Fsp3) is 0.381. The first-order valence-corrected chi connectivity index (χ1v) is 10.4. The van der Waals surface area contributed by atoms with Crippen LogP contribution in [-0.2, 0) is 6.42 Å². The Morgan fingerprint density at radius 2 is 1.93 bits per heavy atom. The zero-order valence-corrected chi connectivity index (χ0v) is 17.4. The van der Waals surface area contributed by atoms with Crippen molar-refractivity contribution in [2.75, 3.05) is 32.1 Å². The molecular weight excluding hydrogens is 372 g/mol. The number of benzene rings is 1. The van der Waals surface area contributed by atoms with Gasteiger partial charge in [-0.2, -0.15) is 4.98 Å². The first-order chi connectivity index (χ1) is 13.6. The van der Waals surface area contributed by atoms with Crippen LogP contribution in [0.3, 0.4) is 0 Å². The highest BCUT2D eigenvalue weighted by Crippen LogP contribution is 2.20. The number of amides is 1. The molecule has 0 bridgehead atoms. The van der Waals surface area contributed by atoms with E-state index in [2.05, 4.69) is 17.1 Å². The van der Waals surface area contributed by atoms with Crippen LogP contribution in [-0.4, -0.2) is 48.1 Å². The molecule has 2 aromatic heterocycles. The molecule has 0 N–H and O–H groups in total. The summed E-state index contributed by atoms with van der Waals surface area (Å²) in [5.74, 6) is 1.19. The third kappa shape index (κ3) is 4.98. The van der Waals surface area contributed by atoms with Gasteiger partial charge in [-0.25, -0.2) is 0 Å². The predicted molar refractivity (Wildman–Crippen MR) is 113 cm³/mol. The van der Waals surface area contributed by atoms with E-state index in [9.17, 15) is 4.79 Å². The van der Waals surface area contributed by atoms with Crippen LogP contribution in [0.5, 0.6) is 0 Å². The number of hydrogen-bond acceptors (Lipinski definition) is 6. The molecule has 148 valence electrons. The van der Waals surface area contributed by atoms with Gasteiger partial charge in [-0.15, -0.1) is 11.3 Å². The van der Waals surface area contributed by atoms with Gasteiger partial charge in [0.2, 0.25) is 11.7 Å². The van der Waals surface area contributed by atoms with Crippen molar-refractivity contribution in [3.63, 3.8) is 0 Å². The van der Waals surface area contributed by atoms with Crippen LogP contribution in [0.15, 0.2) is 46.3 Å². The second-order valence-electron chi connectivity index (χ2n) is 6.83. The van der Waals surface area contributed by atoms with Crippen LogP contribution < -0.4 is 4.90 Å². The van der Waals surface area contributed by atoms with Crippen molar-refractivity contribution in [3.8, 4) is 11.4 Å². The monoisotopic (exact) mass is 398 g/mol. The standard InChI is InChI=1S/C21H26N4O2S/c1-4-5-13-25(21(26)18-7-6-15-28-18)14-12-19-22-20(23-27-19)16-8-10-17(11-9-16)24(2)3/h6-11,15H,4-5,12-14H2,1-3H3. The number of carbonyl (C=O) groups is 1. The molecule has 3 rings (SSSR count). The van der Waals surface area contributed by atoms with Gasteiger partial charge in [-0.3, -0.25) is 4.79 Å². The van der Waals surface area contributed by atoms with E-state index in [4.69, 9.17) is 4.52 Å². The molecule has 0 aliphatic heterocycles. The third-order valence-corrected chi connectivity index (χ3v) is 5.36. The summed E-state index contributed by atoms with van der Waals surface area (Å²) in [5.41, 5.74) is 2.03. The van der Waals surface area contributed by atoms with E-state index in [0.717, 1.165) is 35.5 Å². The van der Waals surface area contributed by atoms with Crippen molar-refractivity contribution < 1.29 is 9.32 Å². The molecule has 0 aliphatic rings. The molecule has 0 atom stereocenters. The van der Waals surface area contributed by atoms with Crippen molar-refractivity contribution in [2.45, 2.75) is 26.2 Å². The van der Waals surface area contributed by atoms with Gasteiger partial charge in [0.1, 0.15) is 0 Å². The Labute approximate surface area is 169 Å². The third-order valence-electron chi connectivity index (χ3n) is 4.51. The van der Waals surface area contributed by atoms with Crippen molar-refractivity contribution in [3.05, 3.63) is 52.5 Å². The number of hydrogen-bond donors (Lipinski definition) is 0. The van der Waals surface area contributed by atoms with Crippen LogP contribution in [0.25, 0.3) is 11.4 Å². The number of unbranched alkanes of at least 4 members (excludes halogenated alkanes) is 1. The largest absolute Gasteiger partial charge is 0.378 e. The lowest BCUT2D eigenvalue weighted by atomic mass is 10.2. The number of nitrogens with zero attached hydrogens (tertiary/aromatic N) is 4. The molecule has 0 spiro atoms. The van der Waals surface area contributed by atoms with Crippen molar-refractivity contribution in [2.24, 2.45) is 0 Å². The van der Waals surface area contributed by atoms with E-state index >= 15 is 0 Å². The number of carbonyl (C=O) groups excluding carboxylic acids is 1. The average molecular weight is 399 g/mol. The zero-order valence-electron chi connectivity index (χ0n) is 16.6. The molecule has 3 aromatic rings. The summed E-state index contributed by atoms with van der Waals surface area (Å²) in [6.45, 7) is 3.43. The maximum Gasteiger partial charge on any atom is 0.263 e. The molecule has 2 heterocycles. The van der Waals surface area contributed by atoms with Crippen LogP contribution in [0.2, 0.25) is 0 Å². The fourth-order valence-corrected chi connectivity index (χ4v) is 3.52. The number of thiophene rings is 1. The van der Waals surface area contributed by atoms with Crippen molar-refractivity contribution in [1.29, 1.82) is 0 Å². The van der Waals surface area contributed by atoms with Crippen molar-refractivity contribution >= 4 is 22.9 Å². The zero-order chi connectivity index (χ0) is 19.9. The summed E-state index contributed by atoms with van der Waals surface area (Å²) in [7, 11) is 4.01. The Kier molecular flexibility index (Phi) is 6.81. The van der Waals surface area contributed by atoms with Crippen molar-refractivity contribution in [1.82, 2.24) is 15.0 Å². The molecule has 0 aliphatic carbocycles. The average Bonchev–Trinajstić information content (AvgIpc) is 3.40. The Hall–Kier alpha value is -2.67. The molecule has 7 heteroatoms. The highest BCUT2D eigenvalue weighted by Gasteiger charge is 2.18. The molecule has 0 saturated carbocycles. The first-order valence-electron chi connectivity index (χ1n) is 9.51. The molecule has 0 saturated heterocycles. The molecular formula is C21H26N4O2S. The summed E-state index contributed by atoms with van der Waals surface area (Å²) in [5, 5.41) is 6.02. The molecule has 0 fully saturated rings. The minimum atomic E-state index is 0.0717. The minimum absolute atomic E-state index is 0.0717. The summed E-state index contributed by atoms with van der Waals surface area (Å²) < 4.78 is 5.42. The lowest BCUT2D eigenvalue weighted by Crippen LogP contribution is -2.33. The predicted octanol–water partition coefficient (Wildman–Crippen LogP) is 4.35. The molecule has 0 radical (unpaired) electrons. The first kappa shape index (κ1) is 20.1. The van der Waals surface area contributed by atoms with Crippen LogP contribution in [0.1, 0.15) is 35.3 Å². The van der Waals surface area contributed by atoms with E-state index in [1.807, 2.05) is 65.7 Å². The number of aromatic nitrogens is 2. The van der Waals surface area contributed by atoms with Gasteiger partial charge in [0.25, 0.3) is 5.91 Å². The molecule has 0 unspecified atom stereocenters. The Balaban J connectivity index is 1.65. The maximum absolute atomic E-state index is 12.7. The number of rotatable bonds is 9. The van der Waals surface area contributed by atoms with E-state index < -0.39 is 0 Å². The van der Waals surface area contributed by atoms with Crippen LogP contribution in [0, 0.1) is 0 Å². The Bertz CT molecular complexity index is 872. The summed E-state index contributed by atoms with van der Waals surface area (Å²) in [6.07, 6.45) is 2.57. The van der Waals surface area contributed by atoms with Gasteiger partial charge in [-0.1, -0.05) is 24.6 Å². The Morgan fingerprint density at radius 1 is 1.14 bits per heavy atom. The molecule has 6 nitrogen and oxygen atoms in total. The summed E-state index contributed by atoms with van der Waals surface area (Å²) in [4.78, 5) is 21.9. The quantitative estimate of drug-likeness (QED) is 0.536. The Morgan fingerprint density at radius 3 is 2.57 bits per heavy atom. The highest BCUT2D eigenvalue weighted by atomic mass is 32.1. The lowest BCUT2D eigenvalue weighted by Gasteiger charge is -2.21. The van der Waals surface area contributed by atoms with Crippen LogP contribution >= 0.6 is 11.3 Å².